The lowest BCUT2D eigenvalue weighted by molar-refractivity contribution is -0.113. The molecule has 0 saturated carbocycles. The summed E-state index contributed by atoms with van der Waals surface area (Å²) in [5, 5.41) is 13.4. The number of rotatable bonds is 6. The molecule has 0 bridgehead atoms. The van der Waals surface area contributed by atoms with Gasteiger partial charge in [0.2, 0.25) is 11.0 Å². The molecule has 1 N–H and O–H groups in total. The van der Waals surface area contributed by atoms with E-state index < -0.39 is 0 Å². The number of aryl methyl sites for hydroxylation is 1. The van der Waals surface area contributed by atoms with E-state index in [-0.39, 0.29) is 5.91 Å². The molecule has 0 radical (unpaired) electrons. The number of benzene rings is 2. The lowest BCUT2D eigenvalue weighted by Crippen LogP contribution is -2.14. The minimum Gasteiger partial charge on any atom is -0.300 e. The number of carbonyl (C=O) groups excluding carboxylic acids is 1. The smallest absolute Gasteiger partial charge is 0.236 e. The molecule has 0 unspecified atom stereocenters. The third-order valence-electron chi connectivity index (χ3n) is 3.48. The molecular weight excluding hydrogens is 409 g/mol. The quantitative estimate of drug-likeness (QED) is 0.552. The second kappa shape index (κ2) is 8.86. The summed E-state index contributed by atoms with van der Waals surface area (Å²) in [4.78, 5) is 12.1. The number of amides is 1. The highest BCUT2D eigenvalue weighted by Gasteiger charge is 2.10. The Labute approximate surface area is 169 Å². The summed E-state index contributed by atoms with van der Waals surface area (Å²) >= 11 is 14.8. The summed E-state index contributed by atoms with van der Waals surface area (Å²) in [6.07, 6.45) is 0. The highest BCUT2D eigenvalue weighted by Crippen LogP contribution is 2.27. The van der Waals surface area contributed by atoms with Gasteiger partial charge in [0.05, 0.1) is 5.75 Å². The molecule has 4 nitrogen and oxygen atoms in total. The van der Waals surface area contributed by atoms with Gasteiger partial charge in [-0.15, -0.1) is 22.0 Å². The Morgan fingerprint density at radius 1 is 1.15 bits per heavy atom. The van der Waals surface area contributed by atoms with Crippen LogP contribution in [0.1, 0.15) is 11.1 Å². The molecule has 2 aromatic carbocycles. The molecule has 134 valence electrons. The molecule has 1 heterocycles. The molecule has 1 amide bonds. The van der Waals surface area contributed by atoms with Crippen LogP contribution in [0.15, 0.2) is 42.5 Å². The summed E-state index contributed by atoms with van der Waals surface area (Å²) in [6.45, 7) is 2.03. The predicted octanol–water partition coefficient (Wildman–Crippen LogP) is 5.69. The Hall–Kier alpha value is -1.60. The zero-order valence-corrected chi connectivity index (χ0v) is 17.0. The number of aromatic nitrogens is 2. The normalized spacial score (nSPS) is 10.7. The molecule has 0 aliphatic rings. The average molecular weight is 424 g/mol. The second-order valence-corrected chi connectivity index (χ2v) is 8.36. The first kappa shape index (κ1) is 19.2. The van der Waals surface area contributed by atoms with Crippen molar-refractivity contribution in [3.8, 4) is 10.6 Å². The Morgan fingerprint density at radius 2 is 1.92 bits per heavy atom. The monoisotopic (exact) mass is 423 g/mol. The van der Waals surface area contributed by atoms with Crippen LogP contribution in [0, 0.1) is 6.92 Å². The van der Waals surface area contributed by atoms with Gasteiger partial charge in [-0.1, -0.05) is 70.4 Å². The SMILES string of the molecule is Cc1ccc(-c2nnc(NC(=O)CSCc3ccc(Cl)cc3Cl)s2)cc1. The highest BCUT2D eigenvalue weighted by atomic mass is 35.5. The molecule has 26 heavy (non-hydrogen) atoms. The van der Waals surface area contributed by atoms with Crippen molar-refractivity contribution in [1.82, 2.24) is 10.2 Å². The maximum atomic E-state index is 12.1. The fourth-order valence-electron chi connectivity index (χ4n) is 2.13. The fraction of sp³-hybridized carbons (Fsp3) is 0.167. The molecule has 8 heteroatoms. The molecule has 0 fully saturated rings. The summed E-state index contributed by atoms with van der Waals surface area (Å²) in [7, 11) is 0. The van der Waals surface area contributed by atoms with Gasteiger partial charge in [-0.25, -0.2) is 0 Å². The molecule has 0 saturated heterocycles. The lowest BCUT2D eigenvalue weighted by Gasteiger charge is -2.04. The minimum atomic E-state index is -0.119. The summed E-state index contributed by atoms with van der Waals surface area (Å²) in [6, 6.07) is 13.4. The number of carbonyl (C=O) groups is 1. The van der Waals surface area contributed by atoms with Gasteiger partial charge < -0.3 is 0 Å². The molecule has 3 rings (SSSR count). The van der Waals surface area contributed by atoms with E-state index in [4.69, 9.17) is 23.2 Å². The van der Waals surface area contributed by atoms with Crippen molar-refractivity contribution in [2.24, 2.45) is 0 Å². The van der Waals surface area contributed by atoms with Crippen LogP contribution in [-0.4, -0.2) is 21.9 Å². The van der Waals surface area contributed by atoms with Crippen molar-refractivity contribution in [3.63, 3.8) is 0 Å². The van der Waals surface area contributed by atoms with Crippen LogP contribution in [0.5, 0.6) is 0 Å². The molecule has 0 spiro atoms. The van der Waals surface area contributed by atoms with Gasteiger partial charge in [0.25, 0.3) is 0 Å². The van der Waals surface area contributed by atoms with Crippen molar-refractivity contribution in [1.29, 1.82) is 0 Å². The molecule has 0 atom stereocenters. The van der Waals surface area contributed by atoms with Crippen LogP contribution in [0.2, 0.25) is 10.0 Å². The molecular formula is C18H15Cl2N3OS2. The minimum absolute atomic E-state index is 0.119. The Kier molecular flexibility index (Phi) is 6.53. The van der Waals surface area contributed by atoms with E-state index in [2.05, 4.69) is 15.5 Å². The fourth-order valence-corrected chi connectivity index (χ4v) is 4.29. The van der Waals surface area contributed by atoms with E-state index in [1.165, 1.54) is 28.7 Å². The topological polar surface area (TPSA) is 54.9 Å². The molecule has 0 aliphatic carbocycles. The highest BCUT2D eigenvalue weighted by molar-refractivity contribution is 7.99. The Balaban J connectivity index is 1.51. The maximum absolute atomic E-state index is 12.1. The van der Waals surface area contributed by atoms with Gasteiger partial charge in [0.15, 0.2) is 0 Å². The lowest BCUT2D eigenvalue weighted by atomic mass is 10.2. The van der Waals surface area contributed by atoms with Gasteiger partial charge in [-0.2, -0.15) is 0 Å². The summed E-state index contributed by atoms with van der Waals surface area (Å²) < 4.78 is 0. The number of halogens is 2. The first-order valence-corrected chi connectivity index (χ1v) is 10.5. The molecule has 3 aromatic rings. The molecule has 0 aliphatic heterocycles. The van der Waals surface area contributed by atoms with E-state index in [9.17, 15) is 4.79 Å². The third-order valence-corrected chi connectivity index (χ3v) is 5.93. The van der Waals surface area contributed by atoms with Crippen molar-refractivity contribution in [3.05, 3.63) is 63.6 Å². The van der Waals surface area contributed by atoms with E-state index in [0.717, 1.165) is 16.1 Å². The van der Waals surface area contributed by atoms with Gasteiger partial charge >= 0.3 is 0 Å². The number of hydrogen-bond acceptors (Lipinski definition) is 5. The van der Waals surface area contributed by atoms with Crippen LogP contribution in [0.4, 0.5) is 5.13 Å². The van der Waals surface area contributed by atoms with Crippen molar-refractivity contribution >= 4 is 57.3 Å². The second-order valence-electron chi connectivity index (χ2n) is 5.56. The van der Waals surface area contributed by atoms with E-state index in [1.807, 2.05) is 37.3 Å². The number of anilines is 1. The first-order chi connectivity index (χ1) is 12.5. The van der Waals surface area contributed by atoms with Crippen molar-refractivity contribution in [2.45, 2.75) is 12.7 Å². The largest absolute Gasteiger partial charge is 0.300 e. The van der Waals surface area contributed by atoms with Crippen molar-refractivity contribution < 1.29 is 4.79 Å². The van der Waals surface area contributed by atoms with Gasteiger partial charge in [0.1, 0.15) is 5.01 Å². The van der Waals surface area contributed by atoms with E-state index in [1.54, 1.807) is 12.1 Å². The zero-order valence-electron chi connectivity index (χ0n) is 13.8. The molecule has 1 aromatic heterocycles. The van der Waals surface area contributed by atoms with Crippen LogP contribution in [-0.2, 0) is 10.5 Å². The first-order valence-electron chi connectivity index (χ1n) is 7.73. The van der Waals surface area contributed by atoms with Crippen LogP contribution >= 0.6 is 46.3 Å². The van der Waals surface area contributed by atoms with Crippen LogP contribution in [0.25, 0.3) is 10.6 Å². The van der Waals surface area contributed by atoms with Crippen molar-refractivity contribution in [2.75, 3.05) is 11.1 Å². The van der Waals surface area contributed by atoms with E-state index >= 15 is 0 Å². The number of nitrogens with one attached hydrogen (secondary N) is 1. The van der Waals surface area contributed by atoms with Crippen LogP contribution < -0.4 is 5.32 Å². The Bertz CT molecular complexity index is 913. The van der Waals surface area contributed by atoms with E-state index in [0.29, 0.717) is 26.7 Å². The predicted molar refractivity (Wildman–Crippen MR) is 111 cm³/mol. The number of hydrogen-bond donors (Lipinski definition) is 1. The number of thioether (sulfide) groups is 1. The average Bonchev–Trinajstić information content (AvgIpc) is 3.06. The Morgan fingerprint density at radius 3 is 2.65 bits per heavy atom. The zero-order chi connectivity index (χ0) is 18.5. The number of nitrogens with zero attached hydrogens (tertiary/aromatic N) is 2. The maximum Gasteiger partial charge on any atom is 0.236 e. The summed E-state index contributed by atoms with van der Waals surface area (Å²) in [5.74, 6) is 0.818. The standard InChI is InChI=1S/C18H15Cl2N3OS2/c1-11-2-4-12(5-3-11)17-22-23-18(26-17)21-16(24)10-25-9-13-6-7-14(19)8-15(13)20/h2-8H,9-10H2,1H3,(H,21,23,24). The van der Waals surface area contributed by atoms with Crippen LogP contribution in [0.3, 0.4) is 0 Å². The summed E-state index contributed by atoms with van der Waals surface area (Å²) in [5.41, 5.74) is 3.12. The van der Waals surface area contributed by atoms with Gasteiger partial charge in [-0.3, -0.25) is 10.1 Å². The van der Waals surface area contributed by atoms with Gasteiger partial charge in [-0.05, 0) is 24.6 Å². The third kappa shape index (κ3) is 5.20. The van der Waals surface area contributed by atoms with Gasteiger partial charge in [0, 0.05) is 21.4 Å².